The maximum atomic E-state index is 12.2. The van der Waals surface area contributed by atoms with Crippen LogP contribution in [0, 0.1) is 5.92 Å². The van der Waals surface area contributed by atoms with Crippen LogP contribution in [0.25, 0.3) is 0 Å². The number of aliphatic hydroxyl groups excluding tert-OH is 1. The van der Waals surface area contributed by atoms with Gasteiger partial charge in [0.05, 0.1) is 12.5 Å². The van der Waals surface area contributed by atoms with Crippen LogP contribution in [0.1, 0.15) is 18.9 Å². The molecule has 0 bridgehead atoms. The number of amides is 1. The number of carbonyl (C=O) groups is 1. The Hall–Kier alpha value is -1.55. The molecule has 0 radical (unpaired) electrons. The Balaban J connectivity index is 1.99. The van der Waals surface area contributed by atoms with E-state index in [9.17, 15) is 9.90 Å². The largest absolute Gasteiger partial charge is 0.398 e. The van der Waals surface area contributed by atoms with Crippen molar-refractivity contribution in [3.63, 3.8) is 0 Å². The van der Waals surface area contributed by atoms with E-state index in [4.69, 9.17) is 5.73 Å². The zero-order chi connectivity index (χ0) is 13.1. The number of likely N-dealkylation sites (tertiary alicyclic amines) is 1. The van der Waals surface area contributed by atoms with Gasteiger partial charge in [0.1, 0.15) is 0 Å². The number of aliphatic hydroxyl groups is 1. The highest BCUT2D eigenvalue weighted by molar-refractivity contribution is 5.80. The molecule has 18 heavy (non-hydrogen) atoms. The van der Waals surface area contributed by atoms with Gasteiger partial charge in [-0.2, -0.15) is 0 Å². The van der Waals surface area contributed by atoms with Gasteiger partial charge < -0.3 is 15.7 Å². The molecule has 0 saturated carbocycles. The fourth-order valence-electron chi connectivity index (χ4n) is 2.33. The molecule has 3 N–H and O–H groups in total. The lowest BCUT2D eigenvalue weighted by Gasteiger charge is -2.34. The Morgan fingerprint density at radius 1 is 1.50 bits per heavy atom. The number of benzene rings is 1. The van der Waals surface area contributed by atoms with Crippen LogP contribution in [-0.4, -0.2) is 35.1 Å². The van der Waals surface area contributed by atoms with E-state index in [1.54, 1.807) is 0 Å². The minimum atomic E-state index is -0.282. The zero-order valence-electron chi connectivity index (χ0n) is 10.7. The Kier molecular flexibility index (Phi) is 3.87. The molecule has 0 spiro atoms. The van der Waals surface area contributed by atoms with Crippen LogP contribution in [0.5, 0.6) is 0 Å². The normalized spacial score (nSPS) is 24.0. The summed E-state index contributed by atoms with van der Waals surface area (Å²) in [4.78, 5) is 14.0. The molecule has 2 unspecified atom stereocenters. The molecular formula is C14H20N2O2. The van der Waals surface area contributed by atoms with Gasteiger partial charge in [-0.3, -0.25) is 4.79 Å². The molecule has 2 atom stereocenters. The van der Waals surface area contributed by atoms with Crippen molar-refractivity contribution in [2.75, 3.05) is 18.8 Å². The number of para-hydroxylation sites is 1. The number of rotatable bonds is 2. The summed E-state index contributed by atoms with van der Waals surface area (Å²) < 4.78 is 0. The van der Waals surface area contributed by atoms with Crippen molar-refractivity contribution < 1.29 is 9.90 Å². The summed E-state index contributed by atoms with van der Waals surface area (Å²) in [5, 5.41) is 9.65. The summed E-state index contributed by atoms with van der Waals surface area (Å²) in [7, 11) is 0. The van der Waals surface area contributed by atoms with Gasteiger partial charge in [-0.05, 0) is 24.0 Å². The number of hydrogen-bond acceptors (Lipinski definition) is 3. The second-order valence-electron chi connectivity index (χ2n) is 5.05. The monoisotopic (exact) mass is 248 g/mol. The fourth-order valence-corrected chi connectivity index (χ4v) is 2.33. The Morgan fingerprint density at radius 2 is 2.22 bits per heavy atom. The van der Waals surface area contributed by atoms with Crippen LogP contribution in [0.15, 0.2) is 24.3 Å². The molecular weight excluding hydrogens is 228 g/mol. The highest BCUT2D eigenvalue weighted by Gasteiger charge is 2.27. The molecule has 1 amide bonds. The zero-order valence-corrected chi connectivity index (χ0v) is 10.7. The van der Waals surface area contributed by atoms with Crippen molar-refractivity contribution in [1.82, 2.24) is 4.90 Å². The molecule has 1 aliphatic heterocycles. The fraction of sp³-hybridized carbons (Fsp3) is 0.500. The predicted octanol–water partition coefficient (Wildman–Crippen LogP) is 1.04. The highest BCUT2D eigenvalue weighted by atomic mass is 16.3. The SMILES string of the molecule is CC1CN(C(=O)Cc2ccccc2N)CCC1O. The van der Waals surface area contributed by atoms with Crippen molar-refractivity contribution >= 4 is 11.6 Å². The van der Waals surface area contributed by atoms with Crippen molar-refractivity contribution in [2.24, 2.45) is 5.92 Å². The Labute approximate surface area is 107 Å². The van der Waals surface area contributed by atoms with Gasteiger partial charge in [-0.25, -0.2) is 0 Å². The molecule has 0 aromatic heterocycles. The topological polar surface area (TPSA) is 66.6 Å². The highest BCUT2D eigenvalue weighted by Crippen LogP contribution is 2.19. The first-order valence-electron chi connectivity index (χ1n) is 6.37. The van der Waals surface area contributed by atoms with E-state index in [2.05, 4.69) is 0 Å². The van der Waals surface area contributed by atoms with E-state index in [-0.39, 0.29) is 17.9 Å². The Bertz CT molecular complexity index is 434. The summed E-state index contributed by atoms with van der Waals surface area (Å²) in [5.74, 6) is 0.238. The number of hydrogen-bond donors (Lipinski definition) is 2. The summed E-state index contributed by atoms with van der Waals surface area (Å²) in [6, 6.07) is 7.45. The van der Waals surface area contributed by atoms with Crippen LogP contribution >= 0.6 is 0 Å². The quantitative estimate of drug-likeness (QED) is 0.769. The van der Waals surface area contributed by atoms with E-state index in [1.165, 1.54) is 0 Å². The lowest BCUT2D eigenvalue weighted by atomic mass is 9.96. The van der Waals surface area contributed by atoms with Crippen molar-refractivity contribution in [1.29, 1.82) is 0 Å². The molecule has 1 heterocycles. The smallest absolute Gasteiger partial charge is 0.227 e. The molecule has 1 fully saturated rings. The average molecular weight is 248 g/mol. The summed E-state index contributed by atoms with van der Waals surface area (Å²) >= 11 is 0. The number of anilines is 1. The van der Waals surface area contributed by atoms with Gasteiger partial charge >= 0.3 is 0 Å². The van der Waals surface area contributed by atoms with Crippen molar-refractivity contribution in [2.45, 2.75) is 25.9 Å². The van der Waals surface area contributed by atoms with Gasteiger partial charge in [0.2, 0.25) is 5.91 Å². The molecule has 1 aromatic carbocycles. The van der Waals surface area contributed by atoms with Gasteiger partial charge in [0.15, 0.2) is 0 Å². The first-order chi connectivity index (χ1) is 8.58. The van der Waals surface area contributed by atoms with Gasteiger partial charge in [0, 0.05) is 18.8 Å². The number of nitrogen functional groups attached to an aromatic ring is 1. The van der Waals surface area contributed by atoms with Crippen LogP contribution in [0.4, 0.5) is 5.69 Å². The Morgan fingerprint density at radius 3 is 2.89 bits per heavy atom. The third kappa shape index (κ3) is 2.82. The van der Waals surface area contributed by atoms with Crippen LogP contribution in [-0.2, 0) is 11.2 Å². The molecule has 4 heteroatoms. The van der Waals surface area contributed by atoms with Crippen molar-refractivity contribution in [3.05, 3.63) is 29.8 Å². The van der Waals surface area contributed by atoms with Crippen LogP contribution < -0.4 is 5.73 Å². The van der Waals surface area contributed by atoms with E-state index in [1.807, 2.05) is 36.1 Å². The molecule has 2 rings (SSSR count). The number of nitrogens with zero attached hydrogens (tertiary/aromatic N) is 1. The van der Waals surface area contributed by atoms with Crippen molar-refractivity contribution in [3.8, 4) is 0 Å². The summed E-state index contributed by atoms with van der Waals surface area (Å²) in [6.07, 6.45) is 0.725. The molecule has 1 aliphatic rings. The van der Waals surface area contributed by atoms with E-state index < -0.39 is 0 Å². The lowest BCUT2D eigenvalue weighted by molar-refractivity contribution is -0.133. The van der Waals surface area contributed by atoms with Crippen LogP contribution in [0.3, 0.4) is 0 Å². The summed E-state index contributed by atoms with van der Waals surface area (Å²) in [6.45, 7) is 3.24. The maximum Gasteiger partial charge on any atom is 0.227 e. The molecule has 98 valence electrons. The maximum absolute atomic E-state index is 12.2. The molecule has 1 aromatic rings. The minimum Gasteiger partial charge on any atom is -0.398 e. The first kappa shape index (κ1) is 12.9. The summed E-state index contributed by atoms with van der Waals surface area (Å²) in [5.41, 5.74) is 7.38. The first-order valence-corrected chi connectivity index (χ1v) is 6.37. The third-order valence-electron chi connectivity index (χ3n) is 3.61. The lowest BCUT2D eigenvalue weighted by Crippen LogP contribution is -2.45. The number of nitrogens with two attached hydrogens (primary N) is 1. The van der Waals surface area contributed by atoms with E-state index in [0.29, 0.717) is 31.6 Å². The van der Waals surface area contributed by atoms with Gasteiger partial charge in [0.25, 0.3) is 0 Å². The average Bonchev–Trinajstić information content (AvgIpc) is 2.35. The second kappa shape index (κ2) is 5.40. The number of piperidine rings is 1. The molecule has 1 saturated heterocycles. The van der Waals surface area contributed by atoms with E-state index >= 15 is 0 Å². The molecule has 4 nitrogen and oxygen atoms in total. The van der Waals surface area contributed by atoms with Crippen LogP contribution in [0.2, 0.25) is 0 Å². The number of carbonyl (C=O) groups excluding carboxylic acids is 1. The third-order valence-corrected chi connectivity index (χ3v) is 3.61. The van der Waals surface area contributed by atoms with Gasteiger partial charge in [-0.1, -0.05) is 25.1 Å². The predicted molar refractivity (Wildman–Crippen MR) is 70.9 cm³/mol. The standard InChI is InChI=1S/C14H20N2O2/c1-10-9-16(7-6-13(10)17)14(18)8-11-4-2-3-5-12(11)15/h2-5,10,13,17H,6-9,15H2,1H3. The van der Waals surface area contributed by atoms with E-state index in [0.717, 1.165) is 5.56 Å². The van der Waals surface area contributed by atoms with Gasteiger partial charge in [-0.15, -0.1) is 0 Å². The minimum absolute atomic E-state index is 0.0895. The molecule has 0 aliphatic carbocycles. The second-order valence-corrected chi connectivity index (χ2v) is 5.05.